The van der Waals surface area contributed by atoms with Crippen molar-refractivity contribution in [2.24, 2.45) is 5.41 Å². The molecule has 6 nitrogen and oxygen atoms in total. The van der Waals surface area contributed by atoms with Gasteiger partial charge < -0.3 is 16.0 Å². The third-order valence-electron chi connectivity index (χ3n) is 4.35. The lowest BCUT2D eigenvalue weighted by molar-refractivity contribution is -0.129. The summed E-state index contributed by atoms with van der Waals surface area (Å²) >= 11 is 0. The summed E-state index contributed by atoms with van der Waals surface area (Å²) in [4.78, 5) is 35.3. The molecule has 2 rings (SSSR count). The van der Waals surface area contributed by atoms with Crippen LogP contribution >= 0.6 is 0 Å². The lowest BCUT2D eigenvalue weighted by atomic mass is 9.86. The van der Waals surface area contributed by atoms with E-state index in [4.69, 9.17) is 0 Å². The summed E-state index contributed by atoms with van der Waals surface area (Å²) < 4.78 is 0. The van der Waals surface area contributed by atoms with Gasteiger partial charge >= 0.3 is 0 Å². The highest BCUT2D eigenvalue weighted by Gasteiger charge is 2.38. The second-order valence-corrected chi connectivity index (χ2v) is 6.96. The maximum atomic E-state index is 12.0. The van der Waals surface area contributed by atoms with E-state index in [1.54, 1.807) is 13.1 Å². The lowest BCUT2D eigenvalue weighted by Crippen LogP contribution is -2.37. The van der Waals surface area contributed by atoms with Crippen LogP contribution < -0.4 is 16.0 Å². The van der Waals surface area contributed by atoms with Gasteiger partial charge in [-0.05, 0) is 49.4 Å². The zero-order valence-electron chi connectivity index (χ0n) is 18.8. The van der Waals surface area contributed by atoms with Crippen LogP contribution in [0, 0.1) is 5.41 Å². The predicted molar refractivity (Wildman–Crippen MR) is 120 cm³/mol. The van der Waals surface area contributed by atoms with Gasteiger partial charge in [0.15, 0.2) is 0 Å². The molecule has 0 aromatic heterocycles. The van der Waals surface area contributed by atoms with Gasteiger partial charge in [0.1, 0.15) is 0 Å². The number of carbonyl (C=O) groups excluding carboxylic acids is 3. The van der Waals surface area contributed by atoms with E-state index >= 15 is 0 Å². The van der Waals surface area contributed by atoms with Crippen molar-refractivity contribution in [3.63, 3.8) is 0 Å². The highest BCUT2D eigenvalue weighted by atomic mass is 16.2. The van der Waals surface area contributed by atoms with Crippen LogP contribution in [0.25, 0.3) is 0 Å². The first-order chi connectivity index (χ1) is 13.8. The van der Waals surface area contributed by atoms with E-state index < -0.39 is 5.41 Å². The highest BCUT2D eigenvalue weighted by molar-refractivity contribution is 5.94. The molecule has 3 N–H and O–H groups in total. The minimum absolute atomic E-state index is 0.0305. The summed E-state index contributed by atoms with van der Waals surface area (Å²) in [5.41, 5.74) is 2.46. The summed E-state index contributed by atoms with van der Waals surface area (Å²) in [6.07, 6.45) is 4.27. The van der Waals surface area contributed by atoms with Gasteiger partial charge in [-0.25, -0.2) is 0 Å². The Balaban J connectivity index is 0.00000143. The molecule has 0 bridgehead atoms. The Morgan fingerprint density at radius 2 is 1.72 bits per heavy atom. The standard InChI is InChI=1S/C18H25N3O3.C3H6.C2H6/c1-4-5-15(22)20-11-16(23)21-14-7-6-12-9-18(2,17(24)19-3)10-13(12)8-14;1-3-2;1-2/h6-8H,4-5,9-11H2,1-3H3,(H,19,24)(H,20,22)(H,21,23);3H,1H2,2H3;1-2H3. The fraction of sp³-hybridized carbons (Fsp3) is 0.522. The summed E-state index contributed by atoms with van der Waals surface area (Å²) in [6.45, 7) is 13.1. The van der Waals surface area contributed by atoms with Crippen LogP contribution in [-0.2, 0) is 27.2 Å². The van der Waals surface area contributed by atoms with Crippen LogP contribution in [0.15, 0.2) is 30.9 Å². The summed E-state index contributed by atoms with van der Waals surface area (Å²) in [5.74, 6) is -0.350. The second kappa shape index (κ2) is 13.5. The summed E-state index contributed by atoms with van der Waals surface area (Å²) in [5, 5.41) is 8.09. The van der Waals surface area contributed by atoms with Gasteiger partial charge in [-0.3, -0.25) is 14.4 Å². The number of amides is 3. The molecule has 1 aromatic carbocycles. The smallest absolute Gasteiger partial charge is 0.243 e. The Labute approximate surface area is 175 Å². The molecule has 162 valence electrons. The Morgan fingerprint density at radius 3 is 2.28 bits per heavy atom. The molecule has 0 saturated heterocycles. The molecule has 29 heavy (non-hydrogen) atoms. The van der Waals surface area contributed by atoms with Crippen molar-refractivity contribution in [2.45, 2.75) is 60.3 Å². The molecule has 1 unspecified atom stereocenters. The number of anilines is 1. The Kier molecular flexibility index (Phi) is 12.3. The van der Waals surface area contributed by atoms with Crippen LogP contribution in [0.2, 0.25) is 0 Å². The van der Waals surface area contributed by atoms with Crippen LogP contribution in [0.3, 0.4) is 0 Å². The molecule has 0 spiro atoms. The van der Waals surface area contributed by atoms with Gasteiger partial charge in [0.2, 0.25) is 17.7 Å². The van der Waals surface area contributed by atoms with Gasteiger partial charge in [0, 0.05) is 19.2 Å². The van der Waals surface area contributed by atoms with Crippen molar-refractivity contribution in [2.75, 3.05) is 18.9 Å². The normalized spacial score (nSPS) is 16.1. The van der Waals surface area contributed by atoms with Crippen molar-refractivity contribution < 1.29 is 14.4 Å². The molecule has 1 atom stereocenters. The predicted octanol–water partition coefficient (Wildman–Crippen LogP) is 3.61. The number of hydrogen-bond acceptors (Lipinski definition) is 3. The lowest BCUT2D eigenvalue weighted by Gasteiger charge is -2.20. The van der Waals surface area contributed by atoms with E-state index in [-0.39, 0.29) is 24.3 Å². The van der Waals surface area contributed by atoms with Crippen LogP contribution in [0.4, 0.5) is 5.69 Å². The summed E-state index contributed by atoms with van der Waals surface area (Å²) in [6, 6.07) is 5.70. The third kappa shape index (κ3) is 8.50. The molecule has 0 aliphatic heterocycles. The van der Waals surface area contributed by atoms with Gasteiger partial charge in [-0.15, -0.1) is 6.58 Å². The first-order valence-electron chi connectivity index (χ1n) is 10.3. The molecular formula is C23H37N3O3. The average Bonchev–Trinajstić information content (AvgIpc) is 3.05. The molecule has 0 heterocycles. The molecule has 0 saturated carbocycles. The molecule has 0 fully saturated rings. The van der Waals surface area contributed by atoms with Crippen molar-refractivity contribution in [1.29, 1.82) is 0 Å². The molecular weight excluding hydrogens is 366 g/mol. The molecule has 1 aliphatic rings. The molecule has 1 aliphatic carbocycles. The quantitative estimate of drug-likeness (QED) is 0.634. The highest BCUT2D eigenvalue weighted by Crippen LogP contribution is 2.38. The monoisotopic (exact) mass is 403 g/mol. The van der Waals surface area contributed by atoms with Crippen LogP contribution in [0.1, 0.15) is 58.6 Å². The topological polar surface area (TPSA) is 87.3 Å². The maximum absolute atomic E-state index is 12.0. The van der Waals surface area contributed by atoms with Crippen molar-refractivity contribution >= 4 is 23.4 Å². The third-order valence-corrected chi connectivity index (χ3v) is 4.35. The SMILES string of the molecule is C=CC.CC.CCCC(=O)NCC(=O)Nc1ccc2c(c1)CC(C)(C(=O)NC)C2. The van der Waals surface area contributed by atoms with E-state index in [9.17, 15) is 14.4 Å². The maximum Gasteiger partial charge on any atom is 0.243 e. The second-order valence-electron chi connectivity index (χ2n) is 6.96. The van der Waals surface area contributed by atoms with Crippen LogP contribution in [0.5, 0.6) is 0 Å². The minimum Gasteiger partial charge on any atom is -0.359 e. The van der Waals surface area contributed by atoms with E-state index in [2.05, 4.69) is 22.5 Å². The molecule has 1 aromatic rings. The van der Waals surface area contributed by atoms with Gasteiger partial charge in [-0.1, -0.05) is 39.8 Å². The average molecular weight is 404 g/mol. The molecule has 6 heteroatoms. The van der Waals surface area contributed by atoms with Gasteiger partial charge in [0.25, 0.3) is 0 Å². The minimum atomic E-state index is -0.437. The van der Waals surface area contributed by atoms with Gasteiger partial charge in [-0.2, -0.15) is 0 Å². The van der Waals surface area contributed by atoms with E-state index in [0.717, 1.165) is 17.5 Å². The van der Waals surface area contributed by atoms with E-state index in [0.29, 0.717) is 24.9 Å². The van der Waals surface area contributed by atoms with Crippen molar-refractivity contribution in [3.8, 4) is 0 Å². The largest absolute Gasteiger partial charge is 0.359 e. The number of nitrogens with one attached hydrogen (secondary N) is 3. The Hall–Kier alpha value is -2.63. The Morgan fingerprint density at radius 1 is 1.14 bits per heavy atom. The number of fused-ring (bicyclic) bond motifs is 1. The summed E-state index contributed by atoms with van der Waals surface area (Å²) in [7, 11) is 1.65. The number of benzene rings is 1. The van der Waals surface area contributed by atoms with Crippen molar-refractivity contribution in [1.82, 2.24) is 10.6 Å². The molecule has 0 radical (unpaired) electrons. The first-order valence-corrected chi connectivity index (χ1v) is 10.3. The van der Waals surface area contributed by atoms with E-state index in [1.165, 1.54) is 0 Å². The van der Waals surface area contributed by atoms with Gasteiger partial charge in [0.05, 0.1) is 12.0 Å². The zero-order chi connectivity index (χ0) is 22.4. The Bertz CT molecular complexity index is 701. The molecule has 3 amide bonds. The fourth-order valence-corrected chi connectivity index (χ4v) is 3.11. The van der Waals surface area contributed by atoms with E-state index in [1.807, 2.05) is 52.8 Å². The van der Waals surface area contributed by atoms with Crippen LogP contribution in [-0.4, -0.2) is 31.3 Å². The number of hydrogen-bond donors (Lipinski definition) is 3. The first kappa shape index (κ1) is 26.4. The number of allylic oxidation sites excluding steroid dienone is 1. The fourth-order valence-electron chi connectivity index (χ4n) is 3.11. The van der Waals surface area contributed by atoms with Crippen molar-refractivity contribution in [3.05, 3.63) is 42.0 Å². The zero-order valence-corrected chi connectivity index (χ0v) is 18.8. The number of carbonyl (C=O) groups is 3. The number of rotatable bonds is 6.